The zero-order chi connectivity index (χ0) is 19.5. The maximum Gasteiger partial charge on any atom is 0.350 e. The zero-order valence-electron chi connectivity index (χ0n) is 16.5. The summed E-state index contributed by atoms with van der Waals surface area (Å²) in [6.07, 6.45) is 0.868. The van der Waals surface area contributed by atoms with Crippen LogP contribution in [0.5, 0.6) is 0 Å². The molecule has 8 heteroatoms. The maximum absolute atomic E-state index is 12.2. The molecule has 0 radical (unpaired) electrons. The predicted octanol–water partition coefficient (Wildman–Crippen LogP) is 2.58. The zero-order valence-corrected chi connectivity index (χ0v) is 17.5. The molecule has 7 nitrogen and oxygen atoms in total. The van der Waals surface area contributed by atoms with Gasteiger partial charge < -0.3 is 13.6 Å². The van der Waals surface area contributed by atoms with Gasteiger partial charge in [-0.1, -0.05) is 41.5 Å². The number of nitrogens with one attached hydrogen (secondary N) is 1. The summed E-state index contributed by atoms with van der Waals surface area (Å²) in [5.41, 5.74) is -0.120. The molecule has 3 rings (SSSR count). The van der Waals surface area contributed by atoms with E-state index in [1.165, 1.54) is 16.8 Å². The fourth-order valence-corrected chi connectivity index (χ4v) is 9.11. The lowest BCUT2D eigenvalue weighted by atomic mass is 10.1. The van der Waals surface area contributed by atoms with Crippen LogP contribution in [0.2, 0.25) is 10.1 Å². The van der Waals surface area contributed by atoms with Crippen LogP contribution in [0.15, 0.2) is 27.4 Å². The van der Waals surface area contributed by atoms with Gasteiger partial charge in [0.2, 0.25) is 5.88 Å². The van der Waals surface area contributed by atoms with Crippen molar-refractivity contribution in [2.75, 3.05) is 6.61 Å². The summed E-state index contributed by atoms with van der Waals surface area (Å²) in [4.78, 5) is 25.7. The summed E-state index contributed by atoms with van der Waals surface area (Å²) in [5.74, 6) is 0.414. The van der Waals surface area contributed by atoms with Gasteiger partial charge in [0.1, 0.15) is 6.10 Å². The summed E-state index contributed by atoms with van der Waals surface area (Å²) in [5, 5.41) is -0.262. The molecule has 144 valence electrons. The summed E-state index contributed by atoms with van der Waals surface area (Å²) in [6, 6.07) is 1.30. The molecule has 2 atom stereocenters. The highest BCUT2D eigenvalue weighted by Crippen LogP contribution is 2.55. The quantitative estimate of drug-likeness (QED) is 0.757. The van der Waals surface area contributed by atoms with Crippen molar-refractivity contribution in [3.63, 3.8) is 0 Å². The van der Waals surface area contributed by atoms with Gasteiger partial charge >= 0.3 is 14.3 Å². The molecule has 2 aliphatic heterocycles. The fraction of sp³-hybridized carbons (Fsp3) is 0.667. The SMILES string of the molecule is CC1=C(n2ccc(=O)[nH]c2=O)O[C@@H]2CO[Si](C(C)(C)C)(C(C)(C)C)OC12. The molecule has 1 aromatic rings. The second-order valence-corrected chi connectivity index (χ2v) is 13.8. The molecule has 1 aromatic heterocycles. The van der Waals surface area contributed by atoms with Crippen LogP contribution in [-0.2, 0) is 13.6 Å². The van der Waals surface area contributed by atoms with E-state index in [-0.39, 0.29) is 22.3 Å². The van der Waals surface area contributed by atoms with Gasteiger partial charge in [-0.25, -0.2) is 9.36 Å². The first-order chi connectivity index (χ1) is 11.9. The molecule has 0 aromatic carbocycles. The van der Waals surface area contributed by atoms with Crippen LogP contribution in [0.4, 0.5) is 0 Å². The number of H-pyrrole nitrogens is 1. The van der Waals surface area contributed by atoms with Gasteiger partial charge in [0.05, 0.1) is 6.61 Å². The minimum Gasteiger partial charge on any atom is -0.470 e. The molecule has 26 heavy (non-hydrogen) atoms. The van der Waals surface area contributed by atoms with Crippen LogP contribution in [-0.4, -0.2) is 36.9 Å². The van der Waals surface area contributed by atoms with Crippen molar-refractivity contribution in [1.82, 2.24) is 9.55 Å². The minimum atomic E-state index is -2.63. The molecule has 0 aliphatic carbocycles. The first-order valence-electron chi connectivity index (χ1n) is 8.89. The van der Waals surface area contributed by atoms with E-state index in [4.69, 9.17) is 13.6 Å². The topological polar surface area (TPSA) is 82.6 Å². The van der Waals surface area contributed by atoms with Crippen LogP contribution in [0.1, 0.15) is 48.5 Å². The molecule has 0 saturated carbocycles. The number of nitrogens with zero attached hydrogens (tertiary/aromatic N) is 1. The average Bonchev–Trinajstić information content (AvgIpc) is 2.81. The van der Waals surface area contributed by atoms with E-state index in [1.54, 1.807) is 0 Å². The Bertz CT molecular complexity index is 842. The molecule has 0 bridgehead atoms. The summed E-state index contributed by atoms with van der Waals surface area (Å²) >= 11 is 0. The largest absolute Gasteiger partial charge is 0.470 e. The van der Waals surface area contributed by atoms with Crippen molar-refractivity contribution < 1.29 is 13.6 Å². The monoisotopic (exact) mass is 380 g/mol. The highest BCUT2D eigenvalue weighted by molar-refractivity contribution is 6.73. The Balaban J connectivity index is 2.04. The van der Waals surface area contributed by atoms with E-state index in [2.05, 4.69) is 46.5 Å². The molecule has 2 aliphatic rings. The van der Waals surface area contributed by atoms with Gasteiger partial charge in [-0.2, -0.15) is 0 Å². The minimum absolute atomic E-state index is 0.131. The van der Waals surface area contributed by atoms with Crippen molar-refractivity contribution >= 4 is 14.4 Å². The van der Waals surface area contributed by atoms with Crippen LogP contribution >= 0.6 is 0 Å². The lowest BCUT2D eigenvalue weighted by molar-refractivity contribution is -0.0446. The van der Waals surface area contributed by atoms with Crippen molar-refractivity contribution in [1.29, 1.82) is 0 Å². The van der Waals surface area contributed by atoms with E-state index in [9.17, 15) is 9.59 Å². The second-order valence-electron chi connectivity index (χ2n) is 9.09. The van der Waals surface area contributed by atoms with E-state index < -0.39 is 19.8 Å². The van der Waals surface area contributed by atoms with Crippen LogP contribution in [0.3, 0.4) is 0 Å². The number of rotatable bonds is 1. The van der Waals surface area contributed by atoms with Gasteiger partial charge in [-0.3, -0.25) is 9.78 Å². The smallest absolute Gasteiger partial charge is 0.350 e. The predicted molar refractivity (Wildman–Crippen MR) is 101 cm³/mol. The molecule has 1 unspecified atom stereocenters. The van der Waals surface area contributed by atoms with Gasteiger partial charge in [0.25, 0.3) is 5.56 Å². The van der Waals surface area contributed by atoms with Gasteiger partial charge in [0.15, 0.2) is 6.10 Å². The fourth-order valence-electron chi connectivity index (χ4n) is 4.13. The lowest BCUT2D eigenvalue weighted by Crippen LogP contribution is -2.64. The third-order valence-electron chi connectivity index (χ3n) is 5.13. The van der Waals surface area contributed by atoms with Crippen molar-refractivity contribution in [3.8, 4) is 0 Å². The molecule has 1 fully saturated rings. The van der Waals surface area contributed by atoms with Crippen molar-refractivity contribution in [3.05, 3.63) is 38.7 Å². The van der Waals surface area contributed by atoms with Gasteiger partial charge in [-0.15, -0.1) is 0 Å². The van der Waals surface area contributed by atoms with E-state index in [0.29, 0.717) is 12.5 Å². The lowest BCUT2D eigenvalue weighted by Gasteiger charge is -2.53. The number of hydrogen-bond acceptors (Lipinski definition) is 5. The summed E-state index contributed by atoms with van der Waals surface area (Å²) in [7, 11) is -2.63. The molecule has 1 N–H and O–H groups in total. The molecular weight excluding hydrogens is 352 g/mol. The number of hydrogen-bond donors (Lipinski definition) is 1. The van der Waals surface area contributed by atoms with E-state index in [0.717, 1.165) is 5.57 Å². The molecule has 1 saturated heterocycles. The Hall–Kier alpha value is -1.64. The Kier molecular flexibility index (Phi) is 4.37. The molecule has 3 heterocycles. The van der Waals surface area contributed by atoms with E-state index >= 15 is 0 Å². The van der Waals surface area contributed by atoms with E-state index in [1.807, 2.05) is 6.92 Å². The molecule has 0 spiro atoms. The Morgan fingerprint density at radius 2 is 1.77 bits per heavy atom. The second kappa shape index (κ2) is 5.93. The first kappa shape index (κ1) is 19.1. The van der Waals surface area contributed by atoms with Gasteiger partial charge in [0, 0.05) is 27.9 Å². The van der Waals surface area contributed by atoms with Crippen molar-refractivity contribution in [2.24, 2.45) is 0 Å². The highest BCUT2D eigenvalue weighted by Gasteiger charge is 2.63. The van der Waals surface area contributed by atoms with Gasteiger partial charge in [-0.05, 0) is 6.92 Å². The summed E-state index contributed by atoms with van der Waals surface area (Å²) in [6.45, 7) is 15.3. The molecular formula is C18H28N2O5Si. The number of ether oxygens (including phenoxy) is 1. The third kappa shape index (κ3) is 2.80. The third-order valence-corrected chi connectivity index (χ3v) is 10.2. The Morgan fingerprint density at radius 3 is 2.31 bits per heavy atom. The number of aromatic nitrogens is 2. The normalized spacial score (nSPS) is 25.8. The maximum atomic E-state index is 12.2. The van der Waals surface area contributed by atoms with Crippen LogP contribution in [0, 0.1) is 0 Å². The Labute approximate surface area is 154 Å². The van der Waals surface area contributed by atoms with Crippen LogP contribution in [0.25, 0.3) is 5.88 Å². The Morgan fingerprint density at radius 1 is 1.15 bits per heavy atom. The number of aromatic amines is 1. The first-order valence-corrected chi connectivity index (χ1v) is 10.7. The molecule has 0 amide bonds. The number of fused-ring (bicyclic) bond motifs is 1. The standard InChI is InChI=1S/C18H28N2O5Si/c1-11-14-12(24-15(11)20-9-8-13(21)19-16(20)22)10-23-26(25-14,17(2,3)4)18(5,6)7/h8-9,12,14H,10H2,1-7H3,(H,19,21,22)/t12-,14?/m1/s1. The average molecular weight is 381 g/mol. The van der Waals surface area contributed by atoms with Crippen molar-refractivity contribution in [2.45, 2.75) is 70.8 Å². The highest BCUT2D eigenvalue weighted by atomic mass is 28.4. The van der Waals surface area contributed by atoms with Crippen LogP contribution < -0.4 is 11.2 Å². The summed E-state index contributed by atoms with van der Waals surface area (Å²) < 4.78 is 20.4.